The van der Waals surface area contributed by atoms with Gasteiger partial charge in [0.05, 0.1) is 25.3 Å². The lowest BCUT2D eigenvalue weighted by atomic mass is 9.99. The third-order valence-corrected chi connectivity index (χ3v) is 4.80. The van der Waals surface area contributed by atoms with Gasteiger partial charge in [-0.05, 0) is 48.5 Å². The number of fused-ring (bicyclic) bond motifs is 3. The number of carbonyl (C=O) groups excluding carboxylic acids is 2. The Hall–Kier alpha value is -4.72. The van der Waals surface area contributed by atoms with E-state index in [1.54, 1.807) is 36.4 Å². The van der Waals surface area contributed by atoms with Crippen molar-refractivity contribution in [1.82, 2.24) is 0 Å². The molecule has 0 heterocycles. The van der Waals surface area contributed by atoms with Crippen molar-refractivity contribution in [2.24, 2.45) is 0 Å². The molecule has 32 heavy (non-hydrogen) atoms. The van der Waals surface area contributed by atoms with Crippen LogP contribution in [0, 0.1) is 35.5 Å². The van der Waals surface area contributed by atoms with Gasteiger partial charge in [0, 0.05) is 33.4 Å². The maximum atomic E-state index is 12.0. The molecule has 4 rings (SSSR count). The fourth-order valence-electron chi connectivity index (χ4n) is 3.11. The molecule has 0 bridgehead atoms. The van der Waals surface area contributed by atoms with E-state index in [1.165, 1.54) is 14.2 Å². The molecule has 4 nitrogen and oxygen atoms in total. The zero-order valence-electron chi connectivity index (χ0n) is 17.4. The molecule has 0 fully saturated rings. The molecule has 0 saturated heterocycles. The number of carbonyl (C=O) groups is 2. The number of rotatable bonds is 2. The molecular formula is C28H16O4. The summed E-state index contributed by atoms with van der Waals surface area (Å²) in [5, 5.41) is 0. The molecule has 0 spiro atoms. The molecule has 152 valence electrons. The topological polar surface area (TPSA) is 52.6 Å². The van der Waals surface area contributed by atoms with E-state index in [9.17, 15) is 9.59 Å². The second-order valence-corrected chi connectivity index (χ2v) is 6.80. The lowest BCUT2D eigenvalue weighted by molar-refractivity contribution is 0.0592. The lowest BCUT2D eigenvalue weighted by Gasteiger charge is -2.04. The predicted octanol–water partition coefficient (Wildman–Crippen LogP) is 3.77. The summed E-state index contributed by atoms with van der Waals surface area (Å²) in [6.07, 6.45) is 0. The molecule has 1 aliphatic rings. The second-order valence-electron chi connectivity index (χ2n) is 6.80. The van der Waals surface area contributed by atoms with Crippen molar-refractivity contribution in [2.75, 3.05) is 14.2 Å². The van der Waals surface area contributed by atoms with Crippen molar-refractivity contribution in [3.05, 3.63) is 105 Å². The van der Waals surface area contributed by atoms with Gasteiger partial charge in [0.1, 0.15) is 0 Å². The normalized spacial score (nSPS) is 10.4. The van der Waals surface area contributed by atoms with E-state index < -0.39 is 11.9 Å². The smallest absolute Gasteiger partial charge is 0.337 e. The molecule has 3 aromatic rings. The van der Waals surface area contributed by atoms with Crippen molar-refractivity contribution < 1.29 is 19.1 Å². The van der Waals surface area contributed by atoms with E-state index in [4.69, 9.17) is 9.47 Å². The molecule has 0 N–H and O–H groups in total. The Morgan fingerprint density at radius 2 is 0.875 bits per heavy atom. The summed E-state index contributed by atoms with van der Waals surface area (Å²) in [5.41, 5.74) is 4.78. The molecule has 0 unspecified atom stereocenters. The Morgan fingerprint density at radius 1 is 0.531 bits per heavy atom. The number of esters is 2. The molecule has 0 radical (unpaired) electrons. The van der Waals surface area contributed by atoms with Gasteiger partial charge in [-0.3, -0.25) is 0 Å². The SMILES string of the molecule is COC(=O)c1ccc2c(c1)C#Cc1cc(C(=O)OC)ccc1C#Cc1ccccc1C#C2. The molecule has 0 saturated carbocycles. The van der Waals surface area contributed by atoms with Gasteiger partial charge >= 0.3 is 11.9 Å². The Kier molecular flexibility index (Phi) is 5.76. The van der Waals surface area contributed by atoms with Gasteiger partial charge in [0.25, 0.3) is 0 Å². The highest BCUT2D eigenvalue weighted by atomic mass is 16.5. The molecular weight excluding hydrogens is 400 g/mol. The van der Waals surface area contributed by atoms with E-state index in [0.29, 0.717) is 33.4 Å². The van der Waals surface area contributed by atoms with Crippen LogP contribution in [0.2, 0.25) is 0 Å². The van der Waals surface area contributed by atoms with E-state index in [0.717, 1.165) is 11.1 Å². The minimum atomic E-state index is -0.460. The van der Waals surface area contributed by atoms with Crippen LogP contribution in [-0.2, 0) is 9.47 Å². The minimum absolute atomic E-state index is 0.373. The molecule has 0 aromatic heterocycles. The summed E-state index contributed by atoms with van der Waals surface area (Å²) in [4.78, 5) is 24.0. The van der Waals surface area contributed by atoms with E-state index >= 15 is 0 Å². The van der Waals surface area contributed by atoms with Gasteiger partial charge in [0.15, 0.2) is 0 Å². The highest BCUT2D eigenvalue weighted by molar-refractivity contribution is 5.91. The van der Waals surface area contributed by atoms with Gasteiger partial charge in [0.2, 0.25) is 0 Å². The number of hydrogen-bond acceptors (Lipinski definition) is 4. The number of ether oxygens (including phenoxy) is 2. The van der Waals surface area contributed by atoms with E-state index in [1.807, 2.05) is 24.3 Å². The van der Waals surface area contributed by atoms with Crippen LogP contribution in [0.3, 0.4) is 0 Å². The first-order chi connectivity index (χ1) is 15.6. The summed E-state index contributed by atoms with van der Waals surface area (Å²) < 4.78 is 9.66. The summed E-state index contributed by atoms with van der Waals surface area (Å²) in [7, 11) is 2.65. The fraction of sp³-hybridized carbons (Fsp3) is 0.0714. The average Bonchev–Trinajstić information content (AvgIpc) is 2.84. The molecule has 0 aliphatic heterocycles. The zero-order chi connectivity index (χ0) is 22.5. The van der Waals surface area contributed by atoms with Crippen LogP contribution in [0.1, 0.15) is 54.1 Å². The van der Waals surface area contributed by atoms with Gasteiger partial charge in [-0.25, -0.2) is 9.59 Å². The standard InChI is InChI=1S/C28H16O4/c1-31-27(29)25-15-11-21-9-7-19-5-3-4-6-20(19)8-10-22-12-16-26(28(30)32-2)18-24(22)14-13-23(21)17-25/h3-6,11-12,15-18H,1-2H3. The summed E-state index contributed by atoms with van der Waals surface area (Å²) in [6.45, 7) is 0. The van der Waals surface area contributed by atoms with E-state index in [2.05, 4.69) is 35.5 Å². The first kappa shape index (κ1) is 20.5. The monoisotopic (exact) mass is 416 g/mol. The van der Waals surface area contributed by atoms with Crippen molar-refractivity contribution in [1.29, 1.82) is 0 Å². The molecule has 3 aromatic carbocycles. The lowest BCUT2D eigenvalue weighted by Crippen LogP contribution is -2.03. The van der Waals surface area contributed by atoms with Crippen LogP contribution in [0.15, 0.2) is 60.7 Å². The summed E-state index contributed by atoms with van der Waals surface area (Å²) >= 11 is 0. The Balaban J connectivity index is 1.99. The van der Waals surface area contributed by atoms with Crippen LogP contribution < -0.4 is 0 Å². The van der Waals surface area contributed by atoms with Crippen LogP contribution >= 0.6 is 0 Å². The number of methoxy groups -OCH3 is 2. The maximum absolute atomic E-state index is 12.0. The maximum Gasteiger partial charge on any atom is 0.337 e. The van der Waals surface area contributed by atoms with Gasteiger partial charge in [-0.2, -0.15) is 0 Å². The number of hydrogen-bond donors (Lipinski definition) is 0. The van der Waals surface area contributed by atoms with Gasteiger partial charge < -0.3 is 9.47 Å². The van der Waals surface area contributed by atoms with Crippen molar-refractivity contribution in [3.63, 3.8) is 0 Å². The van der Waals surface area contributed by atoms with Crippen LogP contribution in [0.4, 0.5) is 0 Å². The summed E-state index contributed by atoms with van der Waals surface area (Å²) in [6, 6.07) is 17.7. The zero-order valence-corrected chi connectivity index (χ0v) is 17.4. The molecule has 4 heteroatoms. The third-order valence-electron chi connectivity index (χ3n) is 4.80. The average molecular weight is 416 g/mol. The first-order valence-corrected chi connectivity index (χ1v) is 9.69. The largest absolute Gasteiger partial charge is 0.465 e. The van der Waals surface area contributed by atoms with Gasteiger partial charge in [-0.15, -0.1) is 0 Å². The molecule has 0 atom stereocenters. The highest BCUT2D eigenvalue weighted by Gasteiger charge is 2.10. The fourth-order valence-corrected chi connectivity index (χ4v) is 3.11. The second kappa shape index (κ2) is 8.97. The Bertz CT molecular complexity index is 1340. The van der Waals surface area contributed by atoms with Crippen molar-refractivity contribution >= 4 is 11.9 Å². The predicted molar refractivity (Wildman–Crippen MR) is 120 cm³/mol. The molecule has 1 aliphatic carbocycles. The summed E-state index contributed by atoms with van der Waals surface area (Å²) in [5.74, 6) is 17.8. The Morgan fingerprint density at radius 3 is 1.25 bits per heavy atom. The van der Waals surface area contributed by atoms with Crippen LogP contribution in [0.25, 0.3) is 0 Å². The van der Waals surface area contributed by atoms with Crippen molar-refractivity contribution in [3.8, 4) is 35.5 Å². The van der Waals surface area contributed by atoms with E-state index in [-0.39, 0.29) is 0 Å². The Labute approximate surface area is 186 Å². The number of benzene rings is 3. The van der Waals surface area contributed by atoms with Crippen LogP contribution in [0.5, 0.6) is 0 Å². The van der Waals surface area contributed by atoms with Crippen LogP contribution in [-0.4, -0.2) is 26.2 Å². The molecule has 0 amide bonds. The highest BCUT2D eigenvalue weighted by Crippen LogP contribution is 2.16. The third kappa shape index (κ3) is 4.24. The first-order valence-electron chi connectivity index (χ1n) is 9.69. The van der Waals surface area contributed by atoms with Gasteiger partial charge in [-0.1, -0.05) is 47.7 Å². The minimum Gasteiger partial charge on any atom is -0.465 e. The van der Waals surface area contributed by atoms with Crippen molar-refractivity contribution in [2.45, 2.75) is 0 Å². The quantitative estimate of drug-likeness (QED) is 0.369.